The monoisotopic (exact) mass is 543 g/mol. The van der Waals surface area contributed by atoms with Crippen molar-refractivity contribution < 1.29 is 23.9 Å². The number of piperazine rings is 1. The van der Waals surface area contributed by atoms with Gasteiger partial charge in [-0.2, -0.15) is 0 Å². The maximum Gasteiger partial charge on any atom is 0.336 e. The highest BCUT2D eigenvalue weighted by Crippen LogP contribution is 2.26. The lowest BCUT2D eigenvalue weighted by molar-refractivity contribution is -0.128. The van der Waals surface area contributed by atoms with Crippen LogP contribution in [0.15, 0.2) is 89.8 Å². The highest BCUT2D eigenvalue weighted by atomic mass is 32.2. The Morgan fingerprint density at radius 3 is 2.21 bits per heavy atom. The number of carbonyl (C=O) groups is 3. The van der Waals surface area contributed by atoms with Crippen LogP contribution >= 0.6 is 11.8 Å². The molecular formula is C30H26FN3O4S. The molecule has 1 fully saturated rings. The fourth-order valence-electron chi connectivity index (χ4n) is 4.67. The van der Waals surface area contributed by atoms with Gasteiger partial charge in [-0.3, -0.25) is 9.59 Å². The molecule has 39 heavy (non-hydrogen) atoms. The average molecular weight is 544 g/mol. The molecule has 2 amide bonds. The van der Waals surface area contributed by atoms with Gasteiger partial charge in [0.2, 0.25) is 5.91 Å². The fourth-order valence-corrected chi connectivity index (χ4v) is 5.53. The van der Waals surface area contributed by atoms with Crippen LogP contribution in [0.2, 0.25) is 0 Å². The first-order valence-electron chi connectivity index (χ1n) is 12.5. The number of hydrogen-bond acceptors (Lipinski definition) is 5. The molecular weight excluding hydrogens is 517 g/mol. The molecule has 7 nitrogen and oxygen atoms in total. The average Bonchev–Trinajstić information content (AvgIpc) is 2.96. The third kappa shape index (κ3) is 6.04. The molecule has 2 N–H and O–H groups in total. The number of aromatic carboxylic acids is 1. The maximum atomic E-state index is 13.2. The molecule has 1 saturated heterocycles. The molecule has 0 unspecified atom stereocenters. The third-order valence-corrected chi connectivity index (χ3v) is 7.64. The minimum absolute atomic E-state index is 0.0325. The highest BCUT2D eigenvalue weighted by Gasteiger charge is 2.22. The largest absolute Gasteiger partial charge is 0.478 e. The van der Waals surface area contributed by atoms with Gasteiger partial charge in [0.05, 0.1) is 11.3 Å². The summed E-state index contributed by atoms with van der Waals surface area (Å²) in [6.07, 6.45) is 0. The Balaban J connectivity index is 1.19. The number of anilines is 2. The van der Waals surface area contributed by atoms with E-state index in [9.17, 15) is 23.9 Å². The number of halogens is 1. The molecule has 0 spiro atoms. The first kappa shape index (κ1) is 26.2. The van der Waals surface area contributed by atoms with E-state index in [0.29, 0.717) is 42.6 Å². The Bertz CT molecular complexity index is 1530. The minimum atomic E-state index is -1.10. The van der Waals surface area contributed by atoms with E-state index in [0.717, 1.165) is 10.6 Å². The molecule has 198 valence electrons. The second-order valence-corrected chi connectivity index (χ2v) is 10.2. The number of nitrogens with one attached hydrogen (secondary N) is 1. The van der Waals surface area contributed by atoms with Gasteiger partial charge in [-0.15, -0.1) is 11.8 Å². The van der Waals surface area contributed by atoms with Crippen LogP contribution in [0.3, 0.4) is 0 Å². The molecule has 0 saturated carbocycles. The summed E-state index contributed by atoms with van der Waals surface area (Å²) >= 11 is 1.39. The first-order valence-corrected chi connectivity index (χ1v) is 13.4. The molecule has 1 aliphatic rings. The smallest absolute Gasteiger partial charge is 0.336 e. The SMILES string of the molecule is O=C(O)c1cccc2cccc(C(=O)Nc3cccc(SCC(=O)N4CCN(c5ccc(F)cc5)CC4)c3)c12. The highest BCUT2D eigenvalue weighted by molar-refractivity contribution is 8.00. The van der Waals surface area contributed by atoms with E-state index in [1.165, 1.54) is 30.0 Å². The Labute approximate surface area is 229 Å². The summed E-state index contributed by atoms with van der Waals surface area (Å²) in [6, 6.07) is 23.6. The Kier molecular flexibility index (Phi) is 7.79. The molecule has 0 bridgehead atoms. The Morgan fingerprint density at radius 2 is 1.51 bits per heavy atom. The molecule has 0 aromatic heterocycles. The number of nitrogens with zero attached hydrogens (tertiary/aromatic N) is 2. The third-order valence-electron chi connectivity index (χ3n) is 6.66. The normalized spacial score (nSPS) is 13.4. The summed E-state index contributed by atoms with van der Waals surface area (Å²) in [7, 11) is 0. The van der Waals surface area contributed by atoms with Gasteiger partial charge < -0.3 is 20.2 Å². The van der Waals surface area contributed by atoms with Gasteiger partial charge in [0.25, 0.3) is 5.91 Å². The van der Waals surface area contributed by atoms with Gasteiger partial charge in [0, 0.05) is 53.4 Å². The molecule has 0 atom stereocenters. The van der Waals surface area contributed by atoms with Crippen LogP contribution in [-0.2, 0) is 4.79 Å². The Hall–Kier alpha value is -4.37. The number of carboxylic acids is 1. The summed E-state index contributed by atoms with van der Waals surface area (Å²) in [6.45, 7) is 2.55. The van der Waals surface area contributed by atoms with Crippen LogP contribution in [0.4, 0.5) is 15.8 Å². The van der Waals surface area contributed by atoms with E-state index >= 15 is 0 Å². The van der Waals surface area contributed by atoms with Crippen LogP contribution < -0.4 is 10.2 Å². The number of carboxylic acid groups (broad SMARTS) is 1. The lowest BCUT2D eigenvalue weighted by Crippen LogP contribution is -2.49. The zero-order chi connectivity index (χ0) is 27.4. The lowest BCUT2D eigenvalue weighted by atomic mass is 9.98. The van der Waals surface area contributed by atoms with Crippen molar-refractivity contribution in [2.45, 2.75) is 4.90 Å². The molecule has 0 aliphatic carbocycles. The number of carbonyl (C=O) groups excluding carboxylic acids is 2. The Morgan fingerprint density at radius 1 is 0.846 bits per heavy atom. The van der Waals surface area contributed by atoms with E-state index in [1.807, 2.05) is 11.0 Å². The van der Waals surface area contributed by atoms with Gasteiger partial charge >= 0.3 is 5.97 Å². The van der Waals surface area contributed by atoms with Gasteiger partial charge in [-0.05, 0) is 60.0 Å². The second kappa shape index (κ2) is 11.6. The summed E-state index contributed by atoms with van der Waals surface area (Å²) in [5.74, 6) is -1.48. The van der Waals surface area contributed by atoms with Crippen molar-refractivity contribution in [3.05, 3.63) is 102 Å². The zero-order valence-electron chi connectivity index (χ0n) is 21.0. The topological polar surface area (TPSA) is 89.9 Å². The van der Waals surface area contributed by atoms with Crippen molar-refractivity contribution in [2.24, 2.45) is 0 Å². The first-order chi connectivity index (χ1) is 18.9. The van der Waals surface area contributed by atoms with Crippen LogP contribution in [0.25, 0.3) is 10.8 Å². The summed E-state index contributed by atoms with van der Waals surface area (Å²) < 4.78 is 13.2. The fraction of sp³-hybridized carbons (Fsp3) is 0.167. The number of amides is 2. The van der Waals surface area contributed by atoms with Crippen molar-refractivity contribution in [2.75, 3.05) is 42.1 Å². The maximum absolute atomic E-state index is 13.2. The predicted octanol–water partition coefficient (Wildman–Crippen LogP) is 5.37. The predicted molar refractivity (Wildman–Crippen MR) is 151 cm³/mol. The summed E-state index contributed by atoms with van der Waals surface area (Å²) in [5.41, 5.74) is 1.84. The van der Waals surface area contributed by atoms with E-state index in [2.05, 4.69) is 10.2 Å². The standard InChI is InChI=1S/C30H26FN3O4S/c31-21-10-12-23(13-11-21)33-14-16-34(17-15-33)27(35)19-39-24-7-3-6-22(18-24)32-29(36)25-8-1-4-20-5-2-9-26(28(20)25)30(37)38/h1-13,18H,14-17,19H2,(H,32,36)(H,37,38). The quantitative estimate of drug-likeness (QED) is 0.305. The molecule has 1 heterocycles. The lowest BCUT2D eigenvalue weighted by Gasteiger charge is -2.36. The summed E-state index contributed by atoms with van der Waals surface area (Å²) in [4.78, 5) is 42.5. The molecule has 4 aromatic carbocycles. The molecule has 5 rings (SSSR count). The number of benzene rings is 4. The van der Waals surface area contributed by atoms with E-state index in [4.69, 9.17) is 0 Å². The van der Waals surface area contributed by atoms with Crippen molar-refractivity contribution >= 4 is 51.7 Å². The molecule has 9 heteroatoms. The van der Waals surface area contributed by atoms with Gasteiger partial charge in [-0.25, -0.2) is 9.18 Å². The molecule has 4 aromatic rings. The van der Waals surface area contributed by atoms with Crippen molar-refractivity contribution in [3.8, 4) is 0 Å². The van der Waals surface area contributed by atoms with E-state index in [1.54, 1.807) is 60.7 Å². The number of rotatable bonds is 7. The van der Waals surface area contributed by atoms with Crippen LogP contribution in [-0.4, -0.2) is 59.7 Å². The summed E-state index contributed by atoms with van der Waals surface area (Å²) in [5, 5.41) is 13.5. The van der Waals surface area contributed by atoms with Gasteiger partial charge in [0.1, 0.15) is 5.82 Å². The van der Waals surface area contributed by atoms with Gasteiger partial charge in [0.15, 0.2) is 0 Å². The van der Waals surface area contributed by atoms with E-state index in [-0.39, 0.29) is 28.6 Å². The van der Waals surface area contributed by atoms with E-state index < -0.39 is 11.9 Å². The molecule has 0 radical (unpaired) electrons. The van der Waals surface area contributed by atoms with Crippen LogP contribution in [0.5, 0.6) is 0 Å². The van der Waals surface area contributed by atoms with Crippen LogP contribution in [0.1, 0.15) is 20.7 Å². The molecule has 1 aliphatic heterocycles. The minimum Gasteiger partial charge on any atom is -0.478 e. The zero-order valence-corrected chi connectivity index (χ0v) is 21.8. The van der Waals surface area contributed by atoms with Crippen molar-refractivity contribution in [3.63, 3.8) is 0 Å². The van der Waals surface area contributed by atoms with Crippen LogP contribution in [0, 0.1) is 5.82 Å². The van der Waals surface area contributed by atoms with Gasteiger partial charge in [-0.1, -0.05) is 30.3 Å². The van der Waals surface area contributed by atoms with Crippen molar-refractivity contribution in [1.82, 2.24) is 4.90 Å². The second-order valence-electron chi connectivity index (χ2n) is 9.13. The number of hydrogen-bond donors (Lipinski definition) is 2. The number of thioether (sulfide) groups is 1. The number of fused-ring (bicyclic) bond motifs is 1. The van der Waals surface area contributed by atoms with Crippen molar-refractivity contribution in [1.29, 1.82) is 0 Å².